The summed E-state index contributed by atoms with van der Waals surface area (Å²) in [5.41, 5.74) is 0. The zero-order valence-corrected chi connectivity index (χ0v) is 8.94. The van der Waals surface area contributed by atoms with Gasteiger partial charge in [-0.1, -0.05) is 12.1 Å². The largest absolute Gasteiger partial charge is 0.443 e. The van der Waals surface area contributed by atoms with E-state index in [4.69, 9.17) is 4.74 Å². The molecule has 0 aliphatic carbocycles. The van der Waals surface area contributed by atoms with E-state index in [1.807, 2.05) is 17.5 Å². The minimum absolute atomic E-state index is 0.241. The van der Waals surface area contributed by atoms with Crippen molar-refractivity contribution >= 4 is 30.1 Å². The van der Waals surface area contributed by atoms with Crippen LogP contribution in [0.25, 0.3) is 6.08 Å². The maximum Gasteiger partial charge on any atom is 0.185 e. The molecule has 1 aromatic heterocycles. The summed E-state index contributed by atoms with van der Waals surface area (Å²) in [4.78, 5) is 15.4. The maximum absolute atomic E-state index is 10.6. The number of aliphatic imine (C=N–C) groups is 1. The summed E-state index contributed by atoms with van der Waals surface area (Å²) in [7, 11) is 0. The first-order chi connectivity index (χ1) is 7.36. The average Bonchev–Trinajstić information content (AvgIpc) is 2.75. The molecule has 3 nitrogen and oxygen atoms in total. The zero-order valence-electron chi connectivity index (χ0n) is 8.13. The van der Waals surface area contributed by atoms with Crippen LogP contribution < -0.4 is 0 Å². The van der Waals surface area contributed by atoms with Gasteiger partial charge in [-0.3, -0.25) is 9.79 Å². The molecule has 0 saturated carbocycles. The van der Waals surface area contributed by atoms with Crippen LogP contribution in [-0.4, -0.2) is 19.2 Å². The van der Waals surface area contributed by atoms with Gasteiger partial charge in [0.2, 0.25) is 0 Å². The summed E-state index contributed by atoms with van der Waals surface area (Å²) in [5.74, 6) is 0.241. The molecule has 0 fully saturated rings. The first-order valence-electron chi connectivity index (χ1n) is 4.33. The highest BCUT2D eigenvalue weighted by molar-refractivity contribution is 7.10. The van der Waals surface area contributed by atoms with E-state index in [9.17, 15) is 4.79 Å². The Morgan fingerprint density at radius 1 is 1.67 bits per heavy atom. The first kappa shape index (κ1) is 11.4. The second-order valence-corrected chi connectivity index (χ2v) is 3.54. The van der Waals surface area contributed by atoms with Gasteiger partial charge in [0.15, 0.2) is 18.4 Å². The van der Waals surface area contributed by atoms with E-state index in [-0.39, 0.29) is 5.76 Å². The zero-order chi connectivity index (χ0) is 10.9. The van der Waals surface area contributed by atoms with Crippen molar-refractivity contribution in [3.63, 3.8) is 0 Å². The number of carbonyl (C=O) groups is 1. The van der Waals surface area contributed by atoms with Crippen molar-refractivity contribution in [1.82, 2.24) is 0 Å². The van der Waals surface area contributed by atoms with E-state index in [1.54, 1.807) is 12.2 Å². The van der Waals surface area contributed by atoms with Crippen LogP contribution in [0.3, 0.4) is 0 Å². The topological polar surface area (TPSA) is 38.7 Å². The van der Waals surface area contributed by atoms with Gasteiger partial charge >= 0.3 is 0 Å². The van der Waals surface area contributed by atoms with Crippen LogP contribution in [-0.2, 0) is 9.53 Å². The van der Waals surface area contributed by atoms with Gasteiger partial charge in [-0.05, 0) is 11.4 Å². The average molecular weight is 221 g/mol. The number of carbonyl (C=O) groups excluding carboxylic acids is 1. The van der Waals surface area contributed by atoms with Gasteiger partial charge in [0.05, 0.1) is 6.54 Å². The predicted octanol–water partition coefficient (Wildman–Crippen LogP) is 2.52. The van der Waals surface area contributed by atoms with Crippen molar-refractivity contribution in [2.75, 3.05) is 6.54 Å². The Morgan fingerprint density at radius 2 is 2.53 bits per heavy atom. The molecule has 0 radical (unpaired) electrons. The summed E-state index contributed by atoms with van der Waals surface area (Å²) in [6, 6.07) is 3.81. The SMILES string of the molecule is C=CC/N=C/O/C(C=O)=C/c1cccs1. The molecule has 1 heterocycles. The molecule has 0 saturated heterocycles. The molecule has 15 heavy (non-hydrogen) atoms. The highest BCUT2D eigenvalue weighted by atomic mass is 32.1. The Bertz CT molecular complexity index is 366. The molecule has 0 aliphatic rings. The Kier molecular flexibility index (Phi) is 5.11. The van der Waals surface area contributed by atoms with Crippen LogP contribution >= 0.6 is 11.3 Å². The summed E-state index contributed by atoms with van der Waals surface area (Å²) >= 11 is 1.53. The fourth-order valence-electron chi connectivity index (χ4n) is 0.825. The smallest absolute Gasteiger partial charge is 0.185 e. The second-order valence-electron chi connectivity index (χ2n) is 2.56. The molecular formula is C11H11NO2S. The molecule has 1 rings (SSSR count). The fraction of sp³-hybridized carbons (Fsp3) is 0.0909. The minimum Gasteiger partial charge on any atom is -0.443 e. The Labute approximate surface area is 92.4 Å². The van der Waals surface area contributed by atoms with Gasteiger partial charge in [-0.25, -0.2) is 0 Å². The number of nitrogens with zero attached hydrogens (tertiary/aromatic N) is 1. The third kappa shape index (κ3) is 4.37. The molecule has 0 aromatic carbocycles. The third-order valence-corrected chi connectivity index (χ3v) is 2.26. The first-order valence-corrected chi connectivity index (χ1v) is 5.21. The van der Waals surface area contributed by atoms with Crippen LogP contribution in [0, 0.1) is 0 Å². The molecule has 0 unspecified atom stereocenters. The molecule has 0 atom stereocenters. The molecule has 0 spiro atoms. The molecule has 0 N–H and O–H groups in total. The number of hydrogen-bond donors (Lipinski definition) is 0. The van der Waals surface area contributed by atoms with Crippen molar-refractivity contribution in [3.05, 3.63) is 40.8 Å². The van der Waals surface area contributed by atoms with E-state index in [2.05, 4.69) is 11.6 Å². The van der Waals surface area contributed by atoms with Crippen molar-refractivity contribution in [1.29, 1.82) is 0 Å². The van der Waals surface area contributed by atoms with Crippen LogP contribution in [0.5, 0.6) is 0 Å². The normalized spacial score (nSPS) is 11.6. The van der Waals surface area contributed by atoms with Gasteiger partial charge in [-0.2, -0.15) is 0 Å². The van der Waals surface area contributed by atoms with E-state index in [0.717, 1.165) is 4.88 Å². The number of thiophene rings is 1. The number of aldehydes is 1. The molecule has 0 aliphatic heterocycles. The number of ether oxygens (including phenoxy) is 1. The highest BCUT2D eigenvalue weighted by Gasteiger charge is 1.95. The van der Waals surface area contributed by atoms with Gasteiger partial charge in [0.25, 0.3) is 0 Å². The van der Waals surface area contributed by atoms with Crippen LogP contribution in [0.1, 0.15) is 4.88 Å². The lowest BCUT2D eigenvalue weighted by Gasteiger charge is -1.95. The summed E-state index contributed by atoms with van der Waals surface area (Å²) in [5, 5.41) is 1.93. The molecule has 0 amide bonds. The summed E-state index contributed by atoms with van der Waals surface area (Å²) < 4.78 is 5.03. The minimum atomic E-state index is 0.241. The van der Waals surface area contributed by atoms with Crippen molar-refractivity contribution in [3.8, 4) is 0 Å². The predicted molar refractivity (Wildman–Crippen MR) is 63.0 cm³/mol. The lowest BCUT2D eigenvalue weighted by Crippen LogP contribution is -1.91. The molecule has 1 aromatic rings. The summed E-state index contributed by atoms with van der Waals surface area (Å²) in [6.45, 7) is 3.98. The number of allylic oxidation sites excluding steroid dienone is 1. The number of rotatable bonds is 6. The van der Waals surface area contributed by atoms with E-state index >= 15 is 0 Å². The molecule has 4 heteroatoms. The lowest BCUT2D eigenvalue weighted by atomic mass is 10.4. The van der Waals surface area contributed by atoms with Crippen molar-refractivity contribution in [2.24, 2.45) is 4.99 Å². The monoisotopic (exact) mass is 221 g/mol. The fourth-order valence-corrected chi connectivity index (χ4v) is 1.48. The quantitative estimate of drug-likeness (QED) is 0.185. The standard InChI is InChI=1S/C11H11NO2S/c1-2-5-12-9-14-10(8-13)7-11-4-3-6-15-11/h2-4,6-9H,1,5H2/b10-7+,12-9+. The van der Waals surface area contributed by atoms with Gasteiger partial charge in [0.1, 0.15) is 0 Å². The highest BCUT2D eigenvalue weighted by Crippen LogP contribution is 2.12. The van der Waals surface area contributed by atoms with Gasteiger partial charge < -0.3 is 4.74 Å². The second kappa shape index (κ2) is 6.73. The van der Waals surface area contributed by atoms with E-state index < -0.39 is 0 Å². The van der Waals surface area contributed by atoms with Crippen molar-refractivity contribution < 1.29 is 9.53 Å². The Morgan fingerprint density at radius 3 is 3.13 bits per heavy atom. The molecular weight excluding hydrogens is 210 g/mol. The van der Waals surface area contributed by atoms with Gasteiger partial charge in [-0.15, -0.1) is 17.9 Å². The van der Waals surface area contributed by atoms with Crippen LogP contribution in [0.4, 0.5) is 0 Å². The van der Waals surface area contributed by atoms with Crippen LogP contribution in [0.2, 0.25) is 0 Å². The summed E-state index contributed by atoms with van der Waals surface area (Å²) in [6.07, 6.45) is 5.20. The van der Waals surface area contributed by atoms with Crippen LogP contribution in [0.15, 0.2) is 40.9 Å². The number of hydrogen-bond acceptors (Lipinski definition) is 4. The van der Waals surface area contributed by atoms with E-state index in [0.29, 0.717) is 12.8 Å². The molecule has 0 bridgehead atoms. The van der Waals surface area contributed by atoms with Gasteiger partial charge in [0, 0.05) is 11.0 Å². The Hall–Kier alpha value is -1.68. The lowest BCUT2D eigenvalue weighted by molar-refractivity contribution is -0.106. The maximum atomic E-state index is 10.6. The Balaban J connectivity index is 2.56. The van der Waals surface area contributed by atoms with E-state index in [1.165, 1.54) is 17.7 Å². The van der Waals surface area contributed by atoms with Crippen molar-refractivity contribution in [2.45, 2.75) is 0 Å². The third-order valence-electron chi connectivity index (χ3n) is 1.44. The molecule has 78 valence electrons.